The number of unbranched alkanes of at least 4 members (excludes halogenated alkanes) is 5. The first-order valence-electron chi connectivity index (χ1n) is 11.8. The van der Waals surface area contributed by atoms with E-state index in [1.54, 1.807) is 0 Å². The Balaban J connectivity index is 1.55. The van der Waals surface area contributed by atoms with E-state index in [-0.39, 0.29) is 5.91 Å². The van der Waals surface area contributed by atoms with Gasteiger partial charge in [0.1, 0.15) is 0 Å². The zero-order valence-corrected chi connectivity index (χ0v) is 20.0. The van der Waals surface area contributed by atoms with Gasteiger partial charge >= 0.3 is 0 Å². The number of nitrogens with zero attached hydrogens (tertiary/aromatic N) is 1. The van der Waals surface area contributed by atoms with Crippen LogP contribution in [0.4, 0.5) is 5.69 Å². The highest BCUT2D eigenvalue weighted by molar-refractivity contribution is 7.80. The van der Waals surface area contributed by atoms with Crippen molar-refractivity contribution in [1.82, 2.24) is 14.5 Å². The second kappa shape index (κ2) is 11.1. The normalized spacial score (nSPS) is 11.1. The predicted octanol–water partition coefficient (Wildman–Crippen LogP) is 7.45. The lowest BCUT2D eigenvalue weighted by Crippen LogP contribution is -2.11. The number of aromatic amines is 2. The zero-order valence-electron chi connectivity index (χ0n) is 19.1. The lowest BCUT2D eigenvalue weighted by Gasteiger charge is -2.14. The van der Waals surface area contributed by atoms with Crippen LogP contribution in [-0.2, 0) is 4.79 Å². The molecule has 6 heteroatoms. The molecule has 0 saturated carbocycles. The van der Waals surface area contributed by atoms with Crippen LogP contribution in [0.5, 0.6) is 0 Å². The van der Waals surface area contributed by atoms with Crippen LogP contribution in [0.15, 0.2) is 72.0 Å². The molecule has 33 heavy (non-hydrogen) atoms. The number of carbonyl (C=O) groups excluding carboxylic acids is 1. The average molecular weight is 461 g/mol. The van der Waals surface area contributed by atoms with Crippen LogP contribution < -0.4 is 5.32 Å². The Morgan fingerprint density at radius 3 is 2.36 bits per heavy atom. The van der Waals surface area contributed by atoms with Crippen molar-refractivity contribution in [2.75, 3.05) is 5.32 Å². The van der Waals surface area contributed by atoms with Gasteiger partial charge in [-0.05, 0) is 55.0 Å². The van der Waals surface area contributed by atoms with Gasteiger partial charge in [-0.15, -0.1) is 12.6 Å². The molecule has 0 aliphatic carbocycles. The Morgan fingerprint density at radius 2 is 1.64 bits per heavy atom. The van der Waals surface area contributed by atoms with Crippen molar-refractivity contribution in [2.45, 2.75) is 56.9 Å². The van der Waals surface area contributed by atoms with Gasteiger partial charge < -0.3 is 19.9 Å². The van der Waals surface area contributed by atoms with E-state index in [1.807, 2.05) is 48.8 Å². The third kappa shape index (κ3) is 5.63. The maximum absolute atomic E-state index is 12.5. The molecular formula is C27H32N4OS. The molecule has 0 bridgehead atoms. The highest BCUT2D eigenvalue weighted by Gasteiger charge is 2.19. The molecule has 5 nitrogen and oxygen atoms in total. The third-order valence-electron chi connectivity index (χ3n) is 5.87. The summed E-state index contributed by atoms with van der Waals surface area (Å²) in [6.45, 7) is 2.22. The van der Waals surface area contributed by atoms with Crippen molar-refractivity contribution >= 4 is 24.2 Å². The molecule has 3 aromatic heterocycles. The minimum atomic E-state index is 0.0675. The summed E-state index contributed by atoms with van der Waals surface area (Å²) in [7, 11) is 0. The van der Waals surface area contributed by atoms with E-state index in [0.717, 1.165) is 51.9 Å². The molecule has 3 N–H and O–H groups in total. The number of rotatable bonds is 11. The highest BCUT2D eigenvalue weighted by atomic mass is 32.1. The number of hydrogen-bond acceptors (Lipinski definition) is 2. The molecule has 4 rings (SSSR count). The first-order chi connectivity index (χ1) is 16.2. The van der Waals surface area contributed by atoms with Crippen molar-refractivity contribution in [3.05, 3.63) is 67.0 Å². The lowest BCUT2D eigenvalue weighted by atomic mass is 10.1. The van der Waals surface area contributed by atoms with Gasteiger partial charge in [0.25, 0.3) is 0 Å². The van der Waals surface area contributed by atoms with Crippen LogP contribution in [-0.4, -0.2) is 20.4 Å². The van der Waals surface area contributed by atoms with Crippen molar-refractivity contribution < 1.29 is 4.79 Å². The van der Waals surface area contributed by atoms with Crippen LogP contribution in [0.1, 0.15) is 51.9 Å². The summed E-state index contributed by atoms with van der Waals surface area (Å²) < 4.78 is 2.11. The quantitative estimate of drug-likeness (QED) is 0.136. The minimum absolute atomic E-state index is 0.0675. The number of H-pyrrole nitrogens is 2. The molecule has 1 amide bonds. The number of aromatic nitrogens is 3. The van der Waals surface area contributed by atoms with Gasteiger partial charge in [0.05, 0.1) is 16.4 Å². The molecule has 0 unspecified atom stereocenters. The fraction of sp³-hybridized carbons (Fsp3) is 0.296. The Hall–Kier alpha value is -3.12. The molecule has 0 radical (unpaired) electrons. The first-order valence-corrected chi connectivity index (χ1v) is 12.2. The summed E-state index contributed by atoms with van der Waals surface area (Å²) >= 11 is 4.79. The molecule has 0 aliphatic heterocycles. The maximum atomic E-state index is 12.5. The van der Waals surface area contributed by atoms with Gasteiger partial charge in [-0.25, -0.2) is 0 Å². The minimum Gasteiger partial charge on any atom is -0.361 e. The van der Waals surface area contributed by atoms with Gasteiger partial charge in [0, 0.05) is 41.4 Å². The van der Waals surface area contributed by atoms with E-state index in [0.29, 0.717) is 6.42 Å². The number of anilines is 1. The molecule has 0 spiro atoms. The summed E-state index contributed by atoms with van der Waals surface area (Å²) in [5.41, 5.74) is 5.84. The Morgan fingerprint density at radius 1 is 0.909 bits per heavy atom. The summed E-state index contributed by atoms with van der Waals surface area (Å²) in [5.74, 6) is 0.0675. The molecule has 0 fully saturated rings. The summed E-state index contributed by atoms with van der Waals surface area (Å²) in [6, 6.07) is 18.1. The molecule has 1 aromatic carbocycles. The second-order valence-electron chi connectivity index (χ2n) is 8.38. The number of nitrogens with one attached hydrogen (secondary N) is 3. The van der Waals surface area contributed by atoms with Gasteiger partial charge in [-0.3, -0.25) is 4.79 Å². The van der Waals surface area contributed by atoms with Gasteiger partial charge in [-0.1, -0.05) is 45.1 Å². The van der Waals surface area contributed by atoms with E-state index >= 15 is 0 Å². The van der Waals surface area contributed by atoms with Crippen LogP contribution in [0, 0.1) is 0 Å². The predicted molar refractivity (Wildman–Crippen MR) is 139 cm³/mol. The largest absolute Gasteiger partial charge is 0.361 e. The van der Waals surface area contributed by atoms with Crippen LogP contribution in [0.3, 0.4) is 0 Å². The Kier molecular flexibility index (Phi) is 7.79. The van der Waals surface area contributed by atoms with E-state index in [1.165, 1.54) is 25.7 Å². The van der Waals surface area contributed by atoms with Crippen molar-refractivity contribution in [2.24, 2.45) is 0 Å². The SMILES string of the molecule is CCCCCCCCC(=O)Nc1cccc(-n2c(S)cc(-c3ccc[nH]3)c2-c2ccc[nH]2)c1. The summed E-state index contributed by atoms with van der Waals surface area (Å²) in [5, 5.41) is 3.89. The van der Waals surface area contributed by atoms with Crippen LogP contribution in [0.2, 0.25) is 0 Å². The van der Waals surface area contributed by atoms with E-state index in [4.69, 9.17) is 12.6 Å². The first kappa shape index (κ1) is 23.1. The molecule has 0 atom stereocenters. The fourth-order valence-electron chi connectivity index (χ4n) is 4.22. The molecule has 4 aromatic rings. The van der Waals surface area contributed by atoms with E-state index in [9.17, 15) is 4.79 Å². The average Bonchev–Trinajstić information content (AvgIpc) is 3.57. The highest BCUT2D eigenvalue weighted by Crippen LogP contribution is 2.37. The molecule has 0 saturated heterocycles. The Bertz CT molecular complexity index is 1160. The van der Waals surface area contributed by atoms with Crippen molar-refractivity contribution in [3.8, 4) is 28.3 Å². The van der Waals surface area contributed by atoms with E-state index in [2.05, 4.69) is 45.0 Å². The number of thiol groups is 1. The maximum Gasteiger partial charge on any atom is 0.224 e. The monoisotopic (exact) mass is 460 g/mol. The number of amides is 1. The molecular weight excluding hydrogens is 428 g/mol. The Labute approximate surface area is 201 Å². The van der Waals surface area contributed by atoms with Crippen LogP contribution >= 0.6 is 12.6 Å². The molecule has 0 aliphatic rings. The standard InChI is InChI=1S/C27H32N4OS/c1-2-3-4-5-6-7-15-25(32)30-20-11-8-12-21(18-20)31-26(33)19-22(23-13-9-16-28-23)27(31)24-14-10-17-29-24/h8-14,16-19,28-29,33H,2-7,15H2,1H3,(H,30,32). The fourth-order valence-corrected chi connectivity index (χ4v) is 4.56. The van der Waals surface area contributed by atoms with Gasteiger partial charge in [0.2, 0.25) is 5.91 Å². The van der Waals surface area contributed by atoms with Crippen LogP contribution in [0.25, 0.3) is 28.3 Å². The molecule has 3 heterocycles. The topological polar surface area (TPSA) is 65.6 Å². The zero-order chi connectivity index (χ0) is 23.0. The third-order valence-corrected chi connectivity index (χ3v) is 6.20. The van der Waals surface area contributed by atoms with Gasteiger partial charge in [0.15, 0.2) is 0 Å². The number of hydrogen-bond donors (Lipinski definition) is 4. The lowest BCUT2D eigenvalue weighted by molar-refractivity contribution is -0.116. The smallest absolute Gasteiger partial charge is 0.224 e. The van der Waals surface area contributed by atoms with E-state index < -0.39 is 0 Å². The van der Waals surface area contributed by atoms with Crippen molar-refractivity contribution in [1.29, 1.82) is 0 Å². The van der Waals surface area contributed by atoms with Crippen molar-refractivity contribution in [3.63, 3.8) is 0 Å². The summed E-state index contributed by atoms with van der Waals surface area (Å²) in [6.07, 6.45) is 11.4. The van der Waals surface area contributed by atoms with Gasteiger partial charge in [-0.2, -0.15) is 0 Å². The summed E-state index contributed by atoms with van der Waals surface area (Å²) in [4.78, 5) is 19.1. The molecule has 172 valence electrons. The number of benzene rings is 1. The second-order valence-corrected chi connectivity index (χ2v) is 8.84. The number of carbonyl (C=O) groups is 1.